The Morgan fingerprint density at radius 2 is 1.67 bits per heavy atom. The second-order valence-electron chi connectivity index (χ2n) is 6.22. The van der Waals surface area contributed by atoms with E-state index in [2.05, 4.69) is 24.1 Å². The first kappa shape index (κ1) is 16.3. The van der Waals surface area contributed by atoms with Crippen molar-refractivity contribution in [1.82, 2.24) is 10.2 Å². The van der Waals surface area contributed by atoms with E-state index in [-0.39, 0.29) is 0 Å². The SMILES string of the molecule is CC1CNCC(C)CN(Cc2ccccc2C(F)(F)F)C1. The molecule has 2 rings (SSSR count). The first-order chi connectivity index (χ1) is 9.86. The summed E-state index contributed by atoms with van der Waals surface area (Å²) in [6, 6.07) is 5.90. The monoisotopic (exact) mass is 300 g/mol. The highest BCUT2D eigenvalue weighted by molar-refractivity contribution is 5.29. The molecule has 0 radical (unpaired) electrons. The number of hydrogen-bond donors (Lipinski definition) is 1. The molecule has 1 aliphatic rings. The molecule has 0 aliphatic carbocycles. The van der Waals surface area contributed by atoms with Crippen molar-refractivity contribution in [1.29, 1.82) is 0 Å². The van der Waals surface area contributed by atoms with Gasteiger partial charge in [0.1, 0.15) is 0 Å². The summed E-state index contributed by atoms with van der Waals surface area (Å²) in [4.78, 5) is 2.15. The van der Waals surface area contributed by atoms with Crippen molar-refractivity contribution in [3.63, 3.8) is 0 Å². The summed E-state index contributed by atoms with van der Waals surface area (Å²) < 4.78 is 39.2. The van der Waals surface area contributed by atoms with Gasteiger partial charge in [-0.15, -0.1) is 0 Å². The maximum atomic E-state index is 13.1. The molecule has 0 saturated carbocycles. The lowest BCUT2D eigenvalue weighted by Crippen LogP contribution is -2.42. The van der Waals surface area contributed by atoms with Gasteiger partial charge in [0.15, 0.2) is 0 Å². The Balaban J connectivity index is 2.15. The van der Waals surface area contributed by atoms with Crippen molar-refractivity contribution in [3.8, 4) is 0 Å². The predicted molar refractivity (Wildman–Crippen MR) is 77.9 cm³/mol. The van der Waals surface area contributed by atoms with Crippen LogP contribution in [0.2, 0.25) is 0 Å². The van der Waals surface area contributed by atoms with Gasteiger partial charge in [0.2, 0.25) is 0 Å². The lowest BCUT2D eigenvalue weighted by molar-refractivity contribution is -0.138. The summed E-state index contributed by atoms with van der Waals surface area (Å²) in [6.45, 7) is 8.11. The van der Waals surface area contributed by atoms with Crippen LogP contribution in [0.3, 0.4) is 0 Å². The van der Waals surface area contributed by atoms with Gasteiger partial charge in [0.05, 0.1) is 5.56 Å². The van der Waals surface area contributed by atoms with Gasteiger partial charge in [-0.2, -0.15) is 13.2 Å². The highest BCUT2D eigenvalue weighted by atomic mass is 19.4. The standard InChI is InChI=1S/C16H23F3N2/c1-12-7-20-8-13(2)10-21(9-12)11-14-5-3-4-6-15(14)16(17,18)19/h3-6,12-13,20H,7-11H2,1-2H3. The molecule has 5 heteroatoms. The molecule has 2 atom stereocenters. The fourth-order valence-electron chi connectivity index (χ4n) is 2.97. The third-order valence-electron chi connectivity index (χ3n) is 3.84. The summed E-state index contributed by atoms with van der Waals surface area (Å²) >= 11 is 0. The smallest absolute Gasteiger partial charge is 0.316 e. The average Bonchev–Trinajstić information content (AvgIpc) is 2.36. The van der Waals surface area contributed by atoms with Crippen molar-refractivity contribution >= 4 is 0 Å². The third kappa shape index (κ3) is 4.71. The summed E-state index contributed by atoms with van der Waals surface area (Å²) in [5, 5.41) is 3.40. The number of alkyl halides is 3. The Bertz CT molecular complexity index is 447. The van der Waals surface area contributed by atoms with Gasteiger partial charge in [-0.05, 0) is 36.6 Å². The average molecular weight is 300 g/mol. The number of nitrogens with zero attached hydrogens (tertiary/aromatic N) is 1. The van der Waals surface area contributed by atoms with Gasteiger partial charge in [-0.25, -0.2) is 0 Å². The fourth-order valence-corrected chi connectivity index (χ4v) is 2.97. The predicted octanol–water partition coefficient (Wildman–Crippen LogP) is 3.38. The molecular weight excluding hydrogens is 277 g/mol. The van der Waals surface area contributed by atoms with Gasteiger partial charge in [0.25, 0.3) is 0 Å². The Hall–Kier alpha value is -1.07. The number of rotatable bonds is 2. The van der Waals surface area contributed by atoms with Crippen molar-refractivity contribution in [3.05, 3.63) is 35.4 Å². The number of benzene rings is 1. The molecule has 0 spiro atoms. The normalized spacial score (nSPS) is 25.4. The quantitative estimate of drug-likeness (QED) is 0.901. The summed E-state index contributed by atoms with van der Waals surface area (Å²) in [5.41, 5.74) is -0.136. The zero-order chi connectivity index (χ0) is 15.5. The molecule has 1 N–H and O–H groups in total. The minimum atomic E-state index is -4.28. The number of halogens is 3. The van der Waals surface area contributed by atoms with Crippen molar-refractivity contribution < 1.29 is 13.2 Å². The first-order valence-corrected chi connectivity index (χ1v) is 7.44. The van der Waals surface area contributed by atoms with Crippen LogP contribution in [-0.2, 0) is 12.7 Å². The van der Waals surface area contributed by atoms with E-state index in [1.165, 1.54) is 12.1 Å². The van der Waals surface area contributed by atoms with Crippen LogP contribution in [0.15, 0.2) is 24.3 Å². The first-order valence-electron chi connectivity index (χ1n) is 7.44. The molecule has 0 aromatic heterocycles. The van der Waals surface area contributed by atoms with E-state index in [0.29, 0.717) is 23.9 Å². The molecule has 21 heavy (non-hydrogen) atoms. The second kappa shape index (κ2) is 6.79. The Kier molecular flexibility index (Phi) is 5.27. The highest BCUT2D eigenvalue weighted by Gasteiger charge is 2.33. The van der Waals surface area contributed by atoms with E-state index in [0.717, 1.165) is 26.2 Å². The van der Waals surface area contributed by atoms with Crippen LogP contribution in [0.4, 0.5) is 13.2 Å². The van der Waals surface area contributed by atoms with E-state index >= 15 is 0 Å². The van der Waals surface area contributed by atoms with Crippen LogP contribution in [-0.4, -0.2) is 31.1 Å². The van der Waals surface area contributed by atoms with E-state index in [1.54, 1.807) is 12.1 Å². The van der Waals surface area contributed by atoms with Gasteiger partial charge in [0, 0.05) is 19.6 Å². The highest BCUT2D eigenvalue weighted by Crippen LogP contribution is 2.32. The van der Waals surface area contributed by atoms with Crippen LogP contribution in [0, 0.1) is 11.8 Å². The Morgan fingerprint density at radius 3 is 2.24 bits per heavy atom. The minimum absolute atomic E-state index is 0.365. The lowest BCUT2D eigenvalue weighted by atomic mass is 10.0. The fraction of sp³-hybridized carbons (Fsp3) is 0.625. The van der Waals surface area contributed by atoms with Gasteiger partial charge >= 0.3 is 6.18 Å². The molecular formula is C16H23F3N2. The molecule has 1 aromatic carbocycles. The van der Waals surface area contributed by atoms with Crippen LogP contribution < -0.4 is 5.32 Å². The third-order valence-corrected chi connectivity index (χ3v) is 3.84. The zero-order valence-electron chi connectivity index (χ0n) is 12.6. The van der Waals surface area contributed by atoms with Gasteiger partial charge in [-0.3, -0.25) is 4.90 Å². The van der Waals surface area contributed by atoms with Gasteiger partial charge < -0.3 is 5.32 Å². The van der Waals surface area contributed by atoms with Crippen molar-refractivity contribution in [2.75, 3.05) is 26.2 Å². The summed E-state index contributed by atoms with van der Waals surface area (Å²) in [7, 11) is 0. The van der Waals surface area contributed by atoms with Crippen molar-refractivity contribution in [2.45, 2.75) is 26.6 Å². The topological polar surface area (TPSA) is 15.3 Å². The number of hydrogen-bond acceptors (Lipinski definition) is 2. The van der Waals surface area contributed by atoms with Crippen LogP contribution in [0.25, 0.3) is 0 Å². The maximum Gasteiger partial charge on any atom is 0.416 e. The van der Waals surface area contributed by atoms with E-state index < -0.39 is 11.7 Å². The molecule has 2 nitrogen and oxygen atoms in total. The zero-order valence-corrected chi connectivity index (χ0v) is 12.6. The lowest BCUT2D eigenvalue weighted by Gasteiger charge is -2.32. The second-order valence-corrected chi connectivity index (χ2v) is 6.22. The molecule has 1 saturated heterocycles. The van der Waals surface area contributed by atoms with E-state index in [4.69, 9.17) is 0 Å². The largest absolute Gasteiger partial charge is 0.416 e. The molecule has 118 valence electrons. The molecule has 1 fully saturated rings. The molecule has 0 bridgehead atoms. The Morgan fingerprint density at radius 1 is 1.10 bits per heavy atom. The summed E-state index contributed by atoms with van der Waals surface area (Å²) in [5.74, 6) is 0.881. The molecule has 1 aliphatic heterocycles. The minimum Gasteiger partial charge on any atom is -0.316 e. The van der Waals surface area contributed by atoms with Crippen LogP contribution in [0.1, 0.15) is 25.0 Å². The molecule has 1 heterocycles. The summed E-state index contributed by atoms with van der Waals surface area (Å²) in [6.07, 6.45) is -4.28. The molecule has 1 aromatic rings. The Labute approximate surface area is 124 Å². The maximum absolute atomic E-state index is 13.1. The molecule has 2 unspecified atom stereocenters. The van der Waals surface area contributed by atoms with E-state index in [9.17, 15) is 13.2 Å². The van der Waals surface area contributed by atoms with Crippen molar-refractivity contribution in [2.24, 2.45) is 11.8 Å². The number of nitrogens with one attached hydrogen (secondary N) is 1. The van der Waals surface area contributed by atoms with Gasteiger partial charge in [-0.1, -0.05) is 32.0 Å². The van der Waals surface area contributed by atoms with E-state index in [1.807, 2.05) is 0 Å². The van der Waals surface area contributed by atoms with Crippen LogP contribution >= 0.6 is 0 Å². The van der Waals surface area contributed by atoms with Crippen LogP contribution in [0.5, 0.6) is 0 Å². The molecule has 0 amide bonds.